The number of hydrogen-bond donors (Lipinski definition) is 5. The zero-order valence-corrected chi connectivity index (χ0v) is 14.0. The first-order chi connectivity index (χ1) is 11.3. The molecule has 1 saturated heterocycles. The Bertz CT molecular complexity index is 405. The molecular weight excluding hydrogens is 316 g/mol. The zero-order chi connectivity index (χ0) is 18.2. The molecule has 0 aromatic carbocycles. The fourth-order valence-electron chi connectivity index (χ4n) is 3.07. The molecule has 8 nitrogen and oxygen atoms in total. The highest BCUT2D eigenvalue weighted by atomic mass is 16.5. The first-order valence-electron chi connectivity index (χ1n) is 8.60. The lowest BCUT2D eigenvalue weighted by Gasteiger charge is -2.38. The molecule has 0 aromatic rings. The van der Waals surface area contributed by atoms with Crippen LogP contribution in [0.2, 0.25) is 0 Å². The van der Waals surface area contributed by atoms with Gasteiger partial charge >= 0.3 is 0 Å². The summed E-state index contributed by atoms with van der Waals surface area (Å²) in [7, 11) is 0. The van der Waals surface area contributed by atoms with E-state index in [4.69, 9.17) is 16.2 Å². The number of hydrogen-bond acceptors (Lipinski definition) is 6. The van der Waals surface area contributed by atoms with E-state index in [1.165, 1.54) is 0 Å². The lowest BCUT2D eigenvalue weighted by Crippen LogP contribution is -2.62. The Morgan fingerprint density at radius 1 is 0.875 bits per heavy atom. The maximum absolute atomic E-state index is 12.1. The van der Waals surface area contributed by atoms with Crippen LogP contribution in [0, 0.1) is 0 Å². The molecule has 0 bridgehead atoms. The fraction of sp³-hybridized carbons (Fsp3) is 0.875. The summed E-state index contributed by atoms with van der Waals surface area (Å²) in [5.74, 6) is -2.13. The van der Waals surface area contributed by atoms with Crippen molar-refractivity contribution in [3.63, 3.8) is 0 Å². The van der Waals surface area contributed by atoms with Gasteiger partial charge in [0.25, 0.3) is 5.91 Å². The lowest BCUT2D eigenvalue weighted by molar-refractivity contribution is -0.190. The van der Waals surface area contributed by atoms with E-state index in [9.17, 15) is 24.9 Å². The summed E-state index contributed by atoms with van der Waals surface area (Å²) < 4.78 is 5.63. The number of primary amides is 2. The Balaban J connectivity index is 2.97. The smallest absolute Gasteiger partial charge is 0.252 e. The molecule has 1 fully saturated rings. The zero-order valence-electron chi connectivity index (χ0n) is 14.0. The van der Waals surface area contributed by atoms with Crippen LogP contribution in [0.4, 0.5) is 0 Å². The third-order valence-electron chi connectivity index (χ3n) is 4.64. The first kappa shape index (κ1) is 20.8. The maximum Gasteiger partial charge on any atom is 0.252 e. The molecule has 1 aliphatic rings. The monoisotopic (exact) mass is 346 g/mol. The molecule has 0 aromatic heterocycles. The molecule has 4 atom stereocenters. The number of carbonyl (C=O) groups excluding carboxylic acids is 2. The van der Waals surface area contributed by atoms with Crippen molar-refractivity contribution < 1.29 is 29.6 Å². The quantitative estimate of drug-likeness (QED) is 0.444. The van der Waals surface area contributed by atoms with Gasteiger partial charge in [0, 0.05) is 6.61 Å². The Hall–Kier alpha value is -1.22. The number of ether oxygens (including phenoxy) is 1. The molecule has 1 aliphatic heterocycles. The molecule has 0 radical (unpaired) electrons. The van der Waals surface area contributed by atoms with Crippen LogP contribution >= 0.6 is 0 Å². The Labute approximate surface area is 142 Å². The van der Waals surface area contributed by atoms with Crippen molar-refractivity contribution in [2.75, 3.05) is 6.61 Å². The maximum atomic E-state index is 12.1. The Kier molecular flexibility index (Phi) is 8.61. The van der Waals surface area contributed by atoms with Gasteiger partial charge in [-0.2, -0.15) is 0 Å². The average molecular weight is 346 g/mol. The van der Waals surface area contributed by atoms with Crippen LogP contribution in [0.1, 0.15) is 57.8 Å². The predicted molar refractivity (Wildman–Crippen MR) is 86.6 cm³/mol. The number of aliphatic hydroxyl groups excluding tert-OH is 3. The van der Waals surface area contributed by atoms with E-state index in [1.54, 1.807) is 0 Å². The number of amides is 2. The van der Waals surface area contributed by atoms with Gasteiger partial charge in [-0.25, -0.2) is 0 Å². The normalized spacial score (nSPS) is 28.0. The summed E-state index contributed by atoms with van der Waals surface area (Å²) in [5, 5.41) is 30.1. The highest BCUT2D eigenvalue weighted by Crippen LogP contribution is 2.29. The topological polar surface area (TPSA) is 156 Å². The van der Waals surface area contributed by atoms with E-state index in [-0.39, 0.29) is 13.0 Å². The number of rotatable bonds is 5. The summed E-state index contributed by atoms with van der Waals surface area (Å²) in [6.07, 6.45) is 1.64. The van der Waals surface area contributed by atoms with Crippen molar-refractivity contribution in [2.24, 2.45) is 11.5 Å². The van der Waals surface area contributed by atoms with Crippen molar-refractivity contribution >= 4 is 11.8 Å². The van der Waals surface area contributed by atoms with Crippen LogP contribution < -0.4 is 11.5 Å². The van der Waals surface area contributed by atoms with Gasteiger partial charge in [0.2, 0.25) is 5.91 Å². The molecule has 140 valence electrons. The number of nitrogens with two attached hydrogens (primary N) is 2. The highest BCUT2D eigenvalue weighted by Gasteiger charge is 2.50. The lowest BCUT2D eigenvalue weighted by atomic mass is 9.84. The third kappa shape index (κ3) is 5.41. The average Bonchev–Trinajstić information content (AvgIpc) is 2.53. The van der Waals surface area contributed by atoms with Gasteiger partial charge in [-0.3, -0.25) is 9.59 Å². The Morgan fingerprint density at radius 2 is 1.38 bits per heavy atom. The first-order valence-corrected chi connectivity index (χ1v) is 8.60. The van der Waals surface area contributed by atoms with Crippen LogP contribution in [0.5, 0.6) is 0 Å². The summed E-state index contributed by atoms with van der Waals surface area (Å²) >= 11 is 0. The molecule has 0 aliphatic carbocycles. The van der Waals surface area contributed by atoms with Gasteiger partial charge in [0.1, 0.15) is 12.2 Å². The van der Waals surface area contributed by atoms with Crippen LogP contribution in [-0.4, -0.2) is 57.7 Å². The minimum atomic E-state index is -2.01. The second kappa shape index (κ2) is 9.93. The van der Waals surface area contributed by atoms with Crippen molar-refractivity contribution in [3.05, 3.63) is 0 Å². The van der Waals surface area contributed by atoms with Gasteiger partial charge < -0.3 is 31.5 Å². The van der Waals surface area contributed by atoms with Crippen LogP contribution in [0.25, 0.3) is 0 Å². The molecule has 0 saturated carbocycles. The molecule has 0 unspecified atom stereocenters. The van der Waals surface area contributed by atoms with Crippen LogP contribution in [0.3, 0.4) is 0 Å². The van der Waals surface area contributed by atoms with E-state index >= 15 is 0 Å². The minimum absolute atomic E-state index is 0.103. The SMILES string of the molecule is NC(=O)[C@@H](O)[C@@H](O)[C@H](O)[C@@]1(C(N)=O)CCCCCCCCCCO1. The van der Waals surface area contributed by atoms with Gasteiger partial charge in [-0.05, 0) is 19.3 Å². The van der Waals surface area contributed by atoms with Gasteiger partial charge in [0.15, 0.2) is 11.7 Å². The number of aliphatic hydroxyl groups is 3. The molecule has 0 spiro atoms. The van der Waals surface area contributed by atoms with Gasteiger partial charge in [0.05, 0.1) is 0 Å². The van der Waals surface area contributed by atoms with E-state index in [2.05, 4.69) is 0 Å². The highest BCUT2D eigenvalue weighted by molar-refractivity contribution is 5.85. The summed E-state index contributed by atoms with van der Waals surface area (Å²) in [6, 6.07) is 0. The van der Waals surface area contributed by atoms with Gasteiger partial charge in [-0.15, -0.1) is 0 Å². The van der Waals surface area contributed by atoms with E-state index in [0.29, 0.717) is 12.8 Å². The van der Waals surface area contributed by atoms with Crippen molar-refractivity contribution in [2.45, 2.75) is 81.7 Å². The van der Waals surface area contributed by atoms with E-state index in [0.717, 1.165) is 38.5 Å². The Morgan fingerprint density at radius 3 is 1.88 bits per heavy atom. The van der Waals surface area contributed by atoms with Crippen LogP contribution in [-0.2, 0) is 14.3 Å². The molecule has 7 N–H and O–H groups in total. The molecule has 24 heavy (non-hydrogen) atoms. The molecule has 1 heterocycles. The van der Waals surface area contributed by atoms with Crippen molar-refractivity contribution in [1.82, 2.24) is 0 Å². The third-order valence-corrected chi connectivity index (χ3v) is 4.64. The van der Waals surface area contributed by atoms with Crippen molar-refractivity contribution in [3.8, 4) is 0 Å². The molecular formula is C16H30N2O6. The standard InChI is InChI=1S/C16H30N2O6/c17-14(22)12(20)11(19)13(21)16(15(18)23)9-7-5-3-1-2-4-6-8-10-24-16/h11-13,19-21H,1-10H2,(H2,17,22)(H2,18,23)/t11-,12+,13+,16-/m1/s1. The molecule has 2 amide bonds. The minimum Gasteiger partial charge on any atom is -0.387 e. The second-order valence-electron chi connectivity index (χ2n) is 6.46. The fourth-order valence-corrected chi connectivity index (χ4v) is 3.07. The van der Waals surface area contributed by atoms with Crippen molar-refractivity contribution in [1.29, 1.82) is 0 Å². The molecule has 8 heteroatoms. The largest absolute Gasteiger partial charge is 0.387 e. The van der Waals surface area contributed by atoms with Crippen LogP contribution in [0.15, 0.2) is 0 Å². The number of carbonyl (C=O) groups is 2. The van der Waals surface area contributed by atoms with E-state index in [1.807, 2.05) is 0 Å². The van der Waals surface area contributed by atoms with Gasteiger partial charge in [-0.1, -0.05) is 38.5 Å². The second-order valence-corrected chi connectivity index (χ2v) is 6.46. The summed E-state index contributed by atoms with van der Waals surface area (Å²) in [5.41, 5.74) is 8.56. The molecule has 1 rings (SSSR count). The summed E-state index contributed by atoms with van der Waals surface area (Å²) in [4.78, 5) is 23.1. The predicted octanol–water partition coefficient (Wildman–Crippen LogP) is -0.680. The summed E-state index contributed by atoms with van der Waals surface area (Å²) in [6.45, 7) is 0.194. The van der Waals surface area contributed by atoms with E-state index < -0.39 is 35.7 Å².